The molecular formula is C21H24ClN3O4S. The highest BCUT2D eigenvalue weighted by molar-refractivity contribution is 7.92. The van der Waals surface area contributed by atoms with Crippen molar-refractivity contribution in [2.75, 3.05) is 24.4 Å². The highest BCUT2D eigenvalue weighted by atomic mass is 35.5. The molecule has 1 heterocycles. The molecule has 30 heavy (non-hydrogen) atoms. The molecule has 160 valence electrons. The van der Waals surface area contributed by atoms with Crippen molar-refractivity contribution in [2.24, 2.45) is 0 Å². The molecule has 2 amide bonds. The zero-order valence-electron chi connectivity index (χ0n) is 16.8. The Labute approximate surface area is 181 Å². The number of nitrogens with zero attached hydrogens (tertiary/aromatic N) is 2. The van der Waals surface area contributed by atoms with E-state index in [9.17, 15) is 18.0 Å². The van der Waals surface area contributed by atoms with Crippen molar-refractivity contribution in [3.05, 3.63) is 59.1 Å². The van der Waals surface area contributed by atoms with Crippen LogP contribution in [0.1, 0.15) is 30.1 Å². The number of hydrogen-bond donors (Lipinski definition) is 1. The highest BCUT2D eigenvalue weighted by Crippen LogP contribution is 2.25. The fraction of sp³-hybridized carbons (Fsp3) is 0.333. The Balaban J connectivity index is 1.77. The third kappa shape index (κ3) is 4.94. The second-order valence-electron chi connectivity index (χ2n) is 7.25. The number of benzene rings is 2. The second-order valence-corrected chi connectivity index (χ2v) is 9.65. The van der Waals surface area contributed by atoms with Crippen molar-refractivity contribution in [1.82, 2.24) is 10.2 Å². The maximum Gasteiger partial charge on any atom is 0.264 e. The van der Waals surface area contributed by atoms with Crippen LogP contribution in [0.3, 0.4) is 0 Å². The van der Waals surface area contributed by atoms with Crippen LogP contribution >= 0.6 is 11.6 Å². The first kappa shape index (κ1) is 22.1. The van der Waals surface area contributed by atoms with E-state index in [1.165, 1.54) is 26.1 Å². The van der Waals surface area contributed by atoms with Gasteiger partial charge in [-0.3, -0.25) is 13.9 Å². The lowest BCUT2D eigenvalue weighted by Crippen LogP contribution is -2.46. The number of halogens is 1. The summed E-state index contributed by atoms with van der Waals surface area (Å²) in [5.41, 5.74) is 0.743. The smallest absolute Gasteiger partial charge is 0.264 e. The summed E-state index contributed by atoms with van der Waals surface area (Å²) in [7, 11) is -2.41. The molecule has 0 spiro atoms. The molecule has 1 fully saturated rings. The van der Waals surface area contributed by atoms with E-state index in [4.69, 9.17) is 11.6 Å². The number of likely N-dealkylation sites (tertiary alicyclic amines) is 1. The number of carbonyl (C=O) groups is 2. The molecule has 7 nitrogen and oxygen atoms in total. The Morgan fingerprint density at radius 2 is 1.77 bits per heavy atom. The molecule has 0 unspecified atom stereocenters. The van der Waals surface area contributed by atoms with Gasteiger partial charge >= 0.3 is 0 Å². The van der Waals surface area contributed by atoms with E-state index in [0.717, 1.165) is 4.31 Å². The molecule has 9 heteroatoms. The van der Waals surface area contributed by atoms with Gasteiger partial charge in [-0.1, -0.05) is 23.7 Å². The molecule has 0 aromatic heterocycles. The fourth-order valence-corrected chi connectivity index (χ4v) is 4.87. The fourth-order valence-electron chi connectivity index (χ4n) is 3.46. The van der Waals surface area contributed by atoms with Crippen molar-refractivity contribution in [2.45, 2.75) is 30.7 Å². The van der Waals surface area contributed by atoms with Gasteiger partial charge in [0.05, 0.1) is 10.6 Å². The maximum absolute atomic E-state index is 13.1. The minimum atomic E-state index is -3.86. The molecule has 0 atom stereocenters. The molecule has 2 aromatic rings. The van der Waals surface area contributed by atoms with Crippen molar-refractivity contribution in [3.8, 4) is 0 Å². The SMILES string of the molecule is CC(=O)NC1CCN(C(=O)c2cccc(S(=O)(=O)N(C)c3cccc(Cl)c3)c2)CC1. The third-order valence-electron chi connectivity index (χ3n) is 5.10. The molecule has 0 bridgehead atoms. The molecule has 1 N–H and O–H groups in total. The Morgan fingerprint density at radius 1 is 1.10 bits per heavy atom. The summed E-state index contributed by atoms with van der Waals surface area (Å²) in [5.74, 6) is -0.305. The highest BCUT2D eigenvalue weighted by Gasteiger charge is 2.26. The van der Waals surface area contributed by atoms with Crippen LogP contribution in [0, 0.1) is 0 Å². The summed E-state index contributed by atoms with van der Waals surface area (Å²) in [6.07, 6.45) is 1.33. The zero-order chi connectivity index (χ0) is 21.9. The van der Waals surface area contributed by atoms with Crippen LogP contribution in [-0.4, -0.2) is 51.3 Å². The van der Waals surface area contributed by atoms with Gasteiger partial charge in [0, 0.05) is 43.7 Å². The Kier molecular flexibility index (Phi) is 6.67. The summed E-state index contributed by atoms with van der Waals surface area (Å²) in [4.78, 5) is 25.8. The first-order valence-electron chi connectivity index (χ1n) is 9.59. The van der Waals surface area contributed by atoms with Crippen LogP contribution in [0.25, 0.3) is 0 Å². The molecule has 0 aliphatic carbocycles. The summed E-state index contributed by atoms with van der Waals surface area (Å²) in [6, 6.07) is 12.7. The average molecular weight is 450 g/mol. The number of rotatable bonds is 5. The molecule has 0 saturated carbocycles. The van der Waals surface area contributed by atoms with Crippen molar-refractivity contribution in [1.29, 1.82) is 0 Å². The van der Waals surface area contributed by atoms with Crippen LogP contribution in [0.5, 0.6) is 0 Å². The predicted octanol–water partition coefficient (Wildman–Crippen LogP) is 2.91. The first-order chi connectivity index (χ1) is 14.2. The predicted molar refractivity (Wildman–Crippen MR) is 116 cm³/mol. The number of nitrogens with one attached hydrogen (secondary N) is 1. The van der Waals surface area contributed by atoms with Gasteiger partial charge in [-0.2, -0.15) is 0 Å². The summed E-state index contributed by atoms with van der Waals surface area (Å²) >= 11 is 5.98. The van der Waals surface area contributed by atoms with Gasteiger partial charge in [0.1, 0.15) is 0 Å². The van der Waals surface area contributed by atoms with Crippen LogP contribution in [-0.2, 0) is 14.8 Å². The van der Waals surface area contributed by atoms with E-state index in [-0.39, 0.29) is 22.8 Å². The van der Waals surface area contributed by atoms with E-state index in [2.05, 4.69) is 5.32 Å². The van der Waals surface area contributed by atoms with Crippen LogP contribution < -0.4 is 9.62 Å². The first-order valence-corrected chi connectivity index (χ1v) is 11.4. The molecule has 1 saturated heterocycles. The number of piperidine rings is 1. The minimum Gasteiger partial charge on any atom is -0.353 e. The van der Waals surface area contributed by atoms with Gasteiger partial charge in [0.25, 0.3) is 15.9 Å². The largest absolute Gasteiger partial charge is 0.353 e. The van der Waals surface area contributed by atoms with Crippen molar-refractivity contribution in [3.63, 3.8) is 0 Å². The molecule has 0 radical (unpaired) electrons. The van der Waals surface area contributed by atoms with Gasteiger partial charge in [-0.15, -0.1) is 0 Å². The third-order valence-corrected chi connectivity index (χ3v) is 7.12. The van der Waals surface area contributed by atoms with Crippen molar-refractivity contribution < 1.29 is 18.0 Å². The molecule has 1 aliphatic heterocycles. The number of sulfonamides is 1. The van der Waals surface area contributed by atoms with E-state index < -0.39 is 10.0 Å². The summed E-state index contributed by atoms with van der Waals surface area (Å²) in [6.45, 7) is 2.48. The number of carbonyl (C=O) groups excluding carboxylic acids is 2. The van der Waals surface area contributed by atoms with Crippen LogP contribution in [0.15, 0.2) is 53.4 Å². The Bertz CT molecular complexity index is 1050. The molecule has 2 aromatic carbocycles. The maximum atomic E-state index is 13.1. The van der Waals surface area contributed by atoms with Crippen LogP contribution in [0.2, 0.25) is 5.02 Å². The lowest BCUT2D eigenvalue weighted by molar-refractivity contribution is -0.119. The van der Waals surface area contributed by atoms with Gasteiger partial charge in [0.2, 0.25) is 5.91 Å². The number of amides is 2. The normalized spacial score (nSPS) is 15.0. The second kappa shape index (κ2) is 9.06. The van der Waals surface area contributed by atoms with Gasteiger partial charge in [-0.25, -0.2) is 8.42 Å². The summed E-state index contributed by atoms with van der Waals surface area (Å²) in [5, 5.41) is 3.30. The number of hydrogen-bond acceptors (Lipinski definition) is 4. The van der Waals surface area contributed by atoms with Gasteiger partial charge in [0.15, 0.2) is 0 Å². The van der Waals surface area contributed by atoms with E-state index in [1.807, 2.05) is 0 Å². The summed E-state index contributed by atoms with van der Waals surface area (Å²) < 4.78 is 27.3. The molecule has 3 rings (SSSR count). The zero-order valence-corrected chi connectivity index (χ0v) is 18.4. The molecule has 1 aliphatic rings. The monoisotopic (exact) mass is 449 g/mol. The Hall–Kier alpha value is -2.58. The Morgan fingerprint density at radius 3 is 2.40 bits per heavy atom. The van der Waals surface area contributed by atoms with Crippen LogP contribution in [0.4, 0.5) is 5.69 Å². The van der Waals surface area contributed by atoms with E-state index in [0.29, 0.717) is 42.2 Å². The lowest BCUT2D eigenvalue weighted by Gasteiger charge is -2.32. The quantitative estimate of drug-likeness (QED) is 0.760. The minimum absolute atomic E-state index is 0.0314. The van der Waals surface area contributed by atoms with Gasteiger partial charge < -0.3 is 10.2 Å². The average Bonchev–Trinajstić information content (AvgIpc) is 2.73. The topological polar surface area (TPSA) is 86.8 Å². The van der Waals surface area contributed by atoms with E-state index >= 15 is 0 Å². The number of anilines is 1. The molecular weight excluding hydrogens is 426 g/mol. The van der Waals surface area contributed by atoms with E-state index in [1.54, 1.807) is 41.3 Å². The van der Waals surface area contributed by atoms with Crippen molar-refractivity contribution >= 4 is 39.1 Å². The standard InChI is InChI=1S/C21H24ClN3O4S/c1-15(26)23-18-9-11-25(12-10-18)21(27)16-5-3-8-20(13-16)30(28,29)24(2)19-7-4-6-17(22)14-19/h3-8,13-14,18H,9-12H2,1-2H3,(H,23,26). The lowest BCUT2D eigenvalue weighted by atomic mass is 10.0. The van der Waals surface area contributed by atoms with Gasteiger partial charge in [-0.05, 0) is 49.2 Å².